The maximum Gasteiger partial charge on any atom is 0.0195 e. The molecule has 0 amide bonds. The molecule has 4 atom stereocenters. The van der Waals surface area contributed by atoms with Gasteiger partial charge in [-0.2, -0.15) is 0 Å². The summed E-state index contributed by atoms with van der Waals surface area (Å²) >= 11 is 0. The molecular weight excluding hydrogens is 184 g/mol. The molecule has 0 aromatic heterocycles. The van der Waals surface area contributed by atoms with Crippen molar-refractivity contribution >= 4 is 0 Å². The minimum absolute atomic E-state index is 0.740. The van der Waals surface area contributed by atoms with Crippen LogP contribution in [0.15, 0.2) is 0 Å². The smallest absolute Gasteiger partial charge is 0.0195 e. The zero-order valence-corrected chi connectivity index (χ0v) is 10.5. The van der Waals surface area contributed by atoms with Crippen LogP contribution in [0.25, 0.3) is 0 Å². The second-order valence-corrected chi connectivity index (χ2v) is 5.71. The van der Waals surface area contributed by atoms with Gasteiger partial charge in [0.1, 0.15) is 0 Å². The van der Waals surface area contributed by atoms with Crippen molar-refractivity contribution in [2.24, 2.45) is 11.8 Å². The Morgan fingerprint density at radius 3 is 2.53 bits per heavy atom. The van der Waals surface area contributed by atoms with Crippen molar-refractivity contribution in [3.05, 3.63) is 0 Å². The minimum atomic E-state index is 0.740. The van der Waals surface area contributed by atoms with E-state index in [1.165, 1.54) is 38.9 Å². The normalized spacial score (nSPS) is 44.2. The molecule has 2 aliphatic rings. The van der Waals surface area contributed by atoms with Crippen molar-refractivity contribution < 1.29 is 0 Å². The van der Waals surface area contributed by atoms with Gasteiger partial charge in [0, 0.05) is 31.7 Å². The van der Waals surface area contributed by atoms with Gasteiger partial charge in [0.2, 0.25) is 0 Å². The molecule has 88 valence electrons. The molecule has 0 spiro atoms. The highest BCUT2D eigenvalue weighted by atomic mass is 15.2. The average Bonchev–Trinajstić information content (AvgIpc) is 2.23. The van der Waals surface area contributed by atoms with E-state index in [2.05, 4.69) is 31.0 Å². The van der Waals surface area contributed by atoms with Gasteiger partial charge < -0.3 is 5.32 Å². The Labute approximate surface area is 94.4 Å². The molecule has 2 rings (SSSR count). The Balaban J connectivity index is 1.92. The van der Waals surface area contributed by atoms with Gasteiger partial charge in [0.25, 0.3) is 0 Å². The van der Waals surface area contributed by atoms with Gasteiger partial charge in [-0.25, -0.2) is 0 Å². The Hall–Kier alpha value is -0.0800. The van der Waals surface area contributed by atoms with Crippen LogP contribution in [0.1, 0.15) is 40.0 Å². The van der Waals surface area contributed by atoms with Crippen LogP contribution in [-0.2, 0) is 0 Å². The maximum atomic E-state index is 3.48. The molecule has 1 saturated heterocycles. The number of nitrogens with one attached hydrogen (secondary N) is 1. The lowest BCUT2D eigenvalue weighted by Crippen LogP contribution is -2.55. The highest BCUT2D eigenvalue weighted by Gasteiger charge is 2.31. The third-order valence-electron chi connectivity index (χ3n) is 4.59. The van der Waals surface area contributed by atoms with Gasteiger partial charge in [-0.15, -0.1) is 0 Å². The predicted octanol–water partition coefficient (Wildman–Crippen LogP) is 2.10. The van der Waals surface area contributed by atoms with Gasteiger partial charge in [0.15, 0.2) is 0 Å². The number of rotatable bonds is 1. The van der Waals surface area contributed by atoms with Crippen LogP contribution in [0.3, 0.4) is 0 Å². The Kier molecular flexibility index (Phi) is 3.68. The summed E-state index contributed by atoms with van der Waals surface area (Å²) < 4.78 is 0. The Morgan fingerprint density at radius 1 is 1.07 bits per heavy atom. The molecule has 2 nitrogen and oxygen atoms in total. The fourth-order valence-corrected chi connectivity index (χ4v) is 3.22. The number of hydrogen-bond acceptors (Lipinski definition) is 2. The monoisotopic (exact) mass is 210 g/mol. The van der Waals surface area contributed by atoms with E-state index in [1.54, 1.807) is 0 Å². The van der Waals surface area contributed by atoms with Crippen molar-refractivity contribution in [2.75, 3.05) is 19.6 Å². The molecule has 0 aromatic carbocycles. The number of nitrogens with zero attached hydrogens (tertiary/aromatic N) is 1. The summed E-state index contributed by atoms with van der Waals surface area (Å²) in [6.45, 7) is 10.8. The summed E-state index contributed by atoms with van der Waals surface area (Å²) in [4.78, 5) is 2.75. The van der Waals surface area contributed by atoms with E-state index < -0.39 is 0 Å². The Morgan fingerprint density at radius 2 is 1.87 bits per heavy atom. The zero-order valence-electron chi connectivity index (χ0n) is 10.5. The van der Waals surface area contributed by atoms with Gasteiger partial charge in [-0.05, 0) is 38.0 Å². The molecule has 3 unspecified atom stereocenters. The highest BCUT2D eigenvalue weighted by Crippen LogP contribution is 2.32. The molecule has 1 heterocycles. The quantitative estimate of drug-likeness (QED) is 0.713. The molecule has 1 saturated carbocycles. The summed E-state index contributed by atoms with van der Waals surface area (Å²) in [7, 11) is 0. The first-order valence-electron chi connectivity index (χ1n) is 6.65. The van der Waals surface area contributed by atoms with E-state index >= 15 is 0 Å². The molecule has 1 aliphatic heterocycles. The first-order chi connectivity index (χ1) is 7.18. The topological polar surface area (TPSA) is 15.3 Å². The largest absolute Gasteiger partial charge is 0.314 e. The van der Waals surface area contributed by atoms with Gasteiger partial charge in [0.05, 0.1) is 0 Å². The summed E-state index contributed by atoms with van der Waals surface area (Å²) in [5.74, 6) is 1.87. The van der Waals surface area contributed by atoms with E-state index in [-0.39, 0.29) is 0 Å². The van der Waals surface area contributed by atoms with Crippen LogP contribution in [0.2, 0.25) is 0 Å². The first kappa shape index (κ1) is 11.4. The molecule has 2 fully saturated rings. The Bertz CT molecular complexity index is 205. The van der Waals surface area contributed by atoms with Crippen molar-refractivity contribution in [2.45, 2.75) is 52.1 Å². The molecular formula is C13H26N2. The standard InChI is InChI=1S/C13H26N2/c1-10-4-5-13(8-11(10)2)15-7-6-14-9-12(15)3/h10-14H,4-9H2,1-3H3/t10?,11?,12-,13?/m1/s1. The van der Waals surface area contributed by atoms with Crippen LogP contribution < -0.4 is 5.32 Å². The molecule has 0 aromatic rings. The van der Waals surface area contributed by atoms with Crippen molar-refractivity contribution in [3.63, 3.8) is 0 Å². The summed E-state index contributed by atoms with van der Waals surface area (Å²) in [6, 6.07) is 1.61. The van der Waals surface area contributed by atoms with Crippen LogP contribution in [0.4, 0.5) is 0 Å². The molecule has 0 bridgehead atoms. The number of piperazine rings is 1. The number of hydrogen-bond donors (Lipinski definition) is 1. The second kappa shape index (κ2) is 4.84. The molecule has 1 N–H and O–H groups in total. The molecule has 0 radical (unpaired) electrons. The first-order valence-corrected chi connectivity index (χ1v) is 6.65. The average molecular weight is 210 g/mol. The van der Waals surface area contributed by atoms with E-state index in [9.17, 15) is 0 Å². The van der Waals surface area contributed by atoms with Gasteiger partial charge >= 0.3 is 0 Å². The molecule has 15 heavy (non-hydrogen) atoms. The fraction of sp³-hybridized carbons (Fsp3) is 1.00. The maximum absolute atomic E-state index is 3.48. The van der Waals surface area contributed by atoms with E-state index in [1.807, 2.05) is 0 Å². The van der Waals surface area contributed by atoms with E-state index in [0.29, 0.717) is 0 Å². The lowest BCUT2D eigenvalue weighted by molar-refractivity contribution is 0.0623. The van der Waals surface area contributed by atoms with E-state index in [4.69, 9.17) is 0 Å². The second-order valence-electron chi connectivity index (χ2n) is 5.71. The summed E-state index contributed by atoms with van der Waals surface area (Å²) in [5.41, 5.74) is 0. The molecule has 2 heteroatoms. The van der Waals surface area contributed by atoms with Crippen molar-refractivity contribution in [1.29, 1.82) is 0 Å². The third-order valence-corrected chi connectivity index (χ3v) is 4.59. The van der Waals surface area contributed by atoms with E-state index in [0.717, 1.165) is 23.9 Å². The highest BCUT2D eigenvalue weighted by molar-refractivity contribution is 4.87. The molecule has 1 aliphatic carbocycles. The third kappa shape index (κ3) is 2.54. The van der Waals surface area contributed by atoms with Crippen LogP contribution in [0.5, 0.6) is 0 Å². The van der Waals surface area contributed by atoms with Crippen LogP contribution in [-0.4, -0.2) is 36.6 Å². The fourth-order valence-electron chi connectivity index (χ4n) is 3.22. The minimum Gasteiger partial charge on any atom is -0.314 e. The van der Waals surface area contributed by atoms with Crippen molar-refractivity contribution in [1.82, 2.24) is 10.2 Å². The zero-order chi connectivity index (χ0) is 10.8. The lowest BCUT2D eigenvalue weighted by Gasteiger charge is -2.44. The summed E-state index contributed by atoms with van der Waals surface area (Å²) in [5, 5.41) is 3.48. The predicted molar refractivity (Wildman–Crippen MR) is 65.0 cm³/mol. The van der Waals surface area contributed by atoms with Crippen LogP contribution in [0, 0.1) is 11.8 Å². The van der Waals surface area contributed by atoms with Gasteiger partial charge in [-0.3, -0.25) is 4.90 Å². The van der Waals surface area contributed by atoms with Crippen LogP contribution >= 0.6 is 0 Å². The SMILES string of the molecule is CC1CCC(N2CCNC[C@H]2C)CC1C. The summed E-state index contributed by atoms with van der Waals surface area (Å²) in [6.07, 6.45) is 4.28. The lowest BCUT2D eigenvalue weighted by atomic mass is 9.78. The van der Waals surface area contributed by atoms with Gasteiger partial charge in [-0.1, -0.05) is 13.8 Å². The van der Waals surface area contributed by atoms with Crippen molar-refractivity contribution in [3.8, 4) is 0 Å².